The van der Waals surface area contributed by atoms with Gasteiger partial charge in [-0.05, 0) is 24.7 Å². The van der Waals surface area contributed by atoms with E-state index in [1.165, 1.54) is 16.2 Å². The Morgan fingerprint density at radius 2 is 2.10 bits per heavy atom. The summed E-state index contributed by atoms with van der Waals surface area (Å²) in [5.41, 5.74) is 0.680. The molecule has 120 valence electrons. The third kappa shape index (κ3) is 4.10. The molecule has 1 unspecified atom stereocenters. The second-order valence-electron chi connectivity index (χ2n) is 6.41. The van der Waals surface area contributed by atoms with Crippen LogP contribution in [-0.4, -0.2) is 29.4 Å². The molecule has 1 atom stereocenters. The first-order valence-electron chi connectivity index (χ1n) is 7.10. The second-order valence-corrected chi connectivity index (χ2v) is 7.41. The Morgan fingerprint density at radius 3 is 2.67 bits per heavy atom. The van der Waals surface area contributed by atoms with Crippen molar-refractivity contribution in [1.29, 1.82) is 0 Å². The number of aliphatic hydroxyl groups is 1. The van der Waals surface area contributed by atoms with Crippen LogP contribution >= 0.6 is 11.3 Å². The Labute approximate surface area is 126 Å². The molecule has 2 rings (SSSR count). The summed E-state index contributed by atoms with van der Waals surface area (Å²) in [5, 5.41) is 10.6. The lowest BCUT2D eigenvalue weighted by atomic mass is 9.77. The van der Waals surface area contributed by atoms with Gasteiger partial charge in [0.25, 0.3) is 0 Å². The minimum Gasteiger partial charge on any atom is -0.387 e. The van der Waals surface area contributed by atoms with E-state index in [2.05, 4.69) is 4.98 Å². The molecular formula is C14H21F3N2OS. The van der Waals surface area contributed by atoms with Crippen molar-refractivity contribution in [2.75, 3.05) is 18.0 Å². The number of hydrogen-bond acceptors (Lipinski definition) is 4. The van der Waals surface area contributed by atoms with E-state index in [1.54, 1.807) is 0 Å². The van der Waals surface area contributed by atoms with Crippen LogP contribution < -0.4 is 4.90 Å². The highest BCUT2D eigenvalue weighted by atomic mass is 32.1. The number of halogens is 3. The van der Waals surface area contributed by atoms with Crippen molar-refractivity contribution in [3.63, 3.8) is 0 Å². The highest BCUT2D eigenvalue weighted by molar-refractivity contribution is 7.15. The molecule has 7 heteroatoms. The lowest BCUT2D eigenvalue weighted by Gasteiger charge is -2.31. The summed E-state index contributed by atoms with van der Waals surface area (Å²) >= 11 is 1.20. The zero-order valence-electron chi connectivity index (χ0n) is 12.5. The number of fused-ring (bicyclic) bond motifs is 1. The fourth-order valence-corrected chi connectivity index (χ4v) is 3.84. The number of rotatable bonds is 4. The third-order valence-corrected chi connectivity index (χ3v) is 4.80. The molecule has 1 N–H and O–H groups in total. The van der Waals surface area contributed by atoms with E-state index in [-0.39, 0.29) is 5.41 Å². The minimum atomic E-state index is -4.25. The Balaban J connectivity index is 2.28. The largest absolute Gasteiger partial charge is 0.406 e. The summed E-state index contributed by atoms with van der Waals surface area (Å²) in [6.45, 7) is 5.24. The normalized spacial score (nSPS) is 21.2. The van der Waals surface area contributed by atoms with Gasteiger partial charge in [-0.2, -0.15) is 13.2 Å². The first-order valence-corrected chi connectivity index (χ1v) is 7.92. The number of anilines is 1. The van der Waals surface area contributed by atoms with Gasteiger partial charge in [0.15, 0.2) is 5.13 Å². The number of aromatic nitrogens is 1. The highest BCUT2D eigenvalue weighted by Gasteiger charge is 2.36. The van der Waals surface area contributed by atoms with Gasteiger partial charge in [-0.1, -0.05) is 32.1 Å². The van der Waals surface area contributed by atoms with E-state index in [1.807, 2.05) is 20.8 Å². The van der Waals surface area contributed by atoms with Crippen LogP contribution in [0.4, 0.5) is 18.3 Å². The maximum absolute atomic E-state index is 12.7. The fraction of sp³-hybridized carbons (Fsp3) is 0.786. The number of hydrogen-bond donors (Lipinski definition) is 1. The SMILES string of the molecule is CCCN(CC(F)(F)F)c1nc2c(s1)C(O)CC(C)(C)C2. The monoisotopic (exact) mass is 322 g/mol. The average molecular weight is 322 g/mol. The molecule has 0 amide bonds. The summed E-state index contributed by atoms with van der Waals surface area (Å²) in [7, 11) is 0. The van der Waals surface area contributed by atoms with E-state index in [0.29, 0.717) is 30.9 Å². The predicted molar refractivity (Wildman–Crippen MR) is 77.7 cm³/mol. The van der Waals surface area contributed by atoms with Crippen LogP contribution in [0.15, 0.2) is 0 Å². The molecule has 0 aromatic carbocycles. The zero-order valence-corrected chi connectivity index (χ0v) is 13.3. The molecule has 0 saturated heterocycles. The van der Waals surface area contributed by atoms with E-state index >= 15 is 0 Å². The summed E-state index contributed by atoms with van der Waals surface area (Å²) in [5.74, 6) is 0. The van der Waals surface area contributed by atoms with Crippen LogP contribution in [0.3, 0.4) is 0 Å². The quantitative estimate of drug-likeness (QED) is 0.912. The standard InChI is InChI=1S/C14H21F3N2OS/c1-4-5-19(8-14(15,16)17)12-18-9-6-13(2,3)7-10(20)11(9)21-12/h10,20H,4-8H2,1-3H3. The average Bonchev–Trinajstić information content (AvgIpc) is 2.68. The summed E-state index contributed by atoms with van der Waals surface area (Å²) in [6, 6.07) is 0. The molecule has 3 nitrogen and oxygen atoms in total. The van der Waals surface area contributed by atoms with Gasteiger partial charge in [-0.25, -0.2) is 4.98 Å². The lowest BCUT2D eigenvalue weighted by Crippen LogP contribution is -2.34. The van der Waals surface area contributed by atoms with E-state index < -0.39 is 18.8 Å². The Hall–Kier alpha value is -0.820. The maximum Gasteiger partial charge on any atom is 0.406 e. The molecule has 1 aliphatic rings. The highest BCUT2D eigenvalue weighted by Crippen LogP contribution is 2.44. The van der Waals surface area contributed by atoms with Crippen molar-refractivity contribution in [2.24, 2.45) is 5.41 Å². The van der Waals surface area contributed by atoms with E-state index in [9.17, 15) is 18.3 Å². The predicted octanol–water partition coefficient (Wildman–Crippen LogP) is 3.93. The van der Waals surface area contributed by atoms with Gasteiger partial charge in [0.2, 0.25) is 0 Å². The van der Waals surface area contributed by atoms with Crippen LogP contribution in [0.1, 0.15) is 50.3 Å². The number of thiazole rings is 1. The molecule has 0 fully saturated rings. The third-order valence-electron chi connectivity index (χ3n) is 3.55. The van der Waals surface area contributed by atoms with Crippen molar-refractivity contribution in [3.05, 3.63) is 10.6 Å². The topological polar surface area (TPSA) is 36.4 Å². The van der Waals surface area contributed by atoms with Gasteiger partial charge in [0, 0.05) is 6.54 Å². The van der Waals surface area contributed by atoms with Crippen molar-refractivity contribution >= 4 is 16.5 Å². The Kier molecular flexibility index (Phi) is 4.54. The van der Waals surface area contributed by atoms with Gasteiger partial charge >= 0.3 is 6.18 Å². The molecule has 0 radical (unpaired) electrons. The van der Waals surface area contributed by atoms with Gasteiger partial charge in [-0.15, -0.1) is 0 Å². The van der Waals surface area contributed by atoms with E-state index in [4.69, 9.17) is 0 Å². The number of alkyl halides is 3. The zero-order chi connectivity index (χ0) is 15.8. The first kappa shape index (κ1) is 16.5. The van der Waals surface area contributed by atoms with Crippen molar-refractivity contribution in [3.8, 4) is 0 Å². The summed E-state index contributed by atoms with van der Waals surface area (Å²) in [4.78, 5) is 6.38. The molecule has 1 aromatic heterocycles. The molecule has 21 heavy (non-hydrogen) atoms. The summed E-state index contributed by atoms with van der Waals surface area (Å²) < 4.78 is 38.1. The first-order chi connectivity index (χ1) is 9.61. The molecule has 1 aromatic rings. The van der Waals surface area contributed by atoms with E-state index in [0.717, 1.165) is 10.6 Å². The van der Waals surface area contributed by atoms with Gasteiger partial charge < -0.3 is 10.0 Å². The minimum absolute atomic E-state index is 0.0721. The van der Waals surface area contributed by atoms with Crippen molar-refractivity contribution in [1.82, 2.24) is 4.98 Å². The van der Waals surface area contributed by atoms with Crippen LogP contribution in [0.5, 0.6) is 0 Å². The second kappa shape index (κ2) is 5.76. The Morgan fingerprint density at radius 1 is 1.43 bits per heavy atom. The maximum atomic E-state index is 12.7. The van der Waals surface area contributed by atoms with Crippen molar-refractivity contribution in [2.45, 2.75) is 52.3 Å². The molecular weight excluding hydrogens is 301 g/mol. The van der Waals surface area contributed by atoms with Crippen molar-refractivity contribution < 1.29 is 18.3 Å². The molecule has 0 saturated carbocycles. The summed E-state index contributed by atoms with van der Waals surface area (Å²) in [6.07, 6.45) is -2.94. The molecule has 0 aliphatic heterocycles. The molecule has 0 bridgehead atoms. The fourth-order valence-electron chi connectivity index (χ4n) is 2.74. The van der Waals surface area contributed by atoms with Crippen LogP contribution in [0, 0.1) is 5.41 Å². The number of aliphatic hydroxyl groups excluding tert-OH is 1. The smallest absolute Gasteiger partial charge is 0.387 e. The van der Waals surface area contributed by atoms with Crippen LogP contribution in [0.2, 0.25) is 0 Å². The van der Waals surface area contributed by atoms with Crippen LogP contribution in [-0.2, 0) is 6.42 Å². The number of nitrogens with zero attached hydrogens (tertiary/aromatic N) is 2. The lowest BCUT2D eigenvalue weighted by molar-refractivity contribution is -0.119. The molecule has 1 aliphatic carbocycles. The van der Waals surface area contributed by atoms with Gasteiger partial charge in [-0.3, -0.25) is 0 Å². The van der Waals surface area contributed by atoms with Gasteiger partial charge in [0.05, 0.1) is 16.7 Å². The molecule has 0 spiro atoms. The molecule has 1 heterocycles. The Bertz CT molecular complexity index is 499. The van der Waals surface area contributed by atoms with Gasteiger partial charge in [0.1, 0.15) is 6.54 Å². The van der Waals surface area contributed by atoms with Crippen LogP contribution in [0.25, 0.3) is 0 Å².